The van der Waals surface area contributed by atoms with E-state index in [1.165, 1.54) is 4.90 Å². The maximum Gasteiger partial charge on any atom is 0.410 e. The van der Waals surface area contributed by atoms with Crippen molar-refractivity contribution < 1.29 is 23.0 Å². The van der Waals surface area contributed by atoms with E-state index in [1.807, 2.05) is 0 Å². The quantitative estimate of drug-likeness (QED) is 0.838. The second kappa shape index (κ2) is 5.26. The maximum atomic E-state index is 13.0. The second-order valence-corrected chi connectivity index (χ2v) is 5.73. The smallest absolute Gasteiger partial charge is 0.410 e. The summed E-state index contributed by atoms with van der Waals surface area (Å²) in [5, 5.41) is 0. The van der Waals surface area contributed by atoms with E-state index in [0.29, 0.717) is 13.1 Å². The van der Waals surface area contributed by atoms with Gasteiger partial charge in [-0.3, -0.25) is 0 Å². The van der Waals surface area contributed by atoms with Gasteiger partial charge in [-0.25, -0.2) is 13.6 Å². The van der Waals surface area contributed by atoms with Gasteiger partial charge in [0.15, 0.2) is 0 Å². The van der Waals surface area contributed by atoms with Gasteiger partial charge in [-0.2, -0.15) is 0 Å². The third-order valence-electron chi connectivity index (χ3n) is 2.64. The fraction of sp³-hybridized carbons (Fsp3) is 0.500. The maximum absolute atomic E-state index is 13.0. The SMILES string of the molecule is CC(C)(C)OC(=O)N1CC(Oc2cc(F)cc(F)c2)C1. The summed E-state index contributed by atoms with van der Waals surface area (Å²) in [4.78, 5) is 13.2. The van der Waals surface area contributed by atoms with Gasteiger partial charge < -0.3 is 14.4 Å². The first-order valence-electron chi connectivity index (χ1n) is 6.33. The first-order valence-corrected chi connectivity index (χ1v) is 6.33. The number of nitrogens with zero attached hydrogens (tertiary/aromatic N) is 1. The molecule has 0 N–H and O–H groups in total. The van der Waals surface area contributed by atoms with Crippen LogP contribution in [0.2, 0.25) is 0 Å². The summed E-state index contributed by atoms with van der Waals surface area (Å²) in [6, 6.07) is 3.00. The molecule has 1 aromatic rings. The van der Waals surface area contributed by atoms with Crippen LogP contribution in [0, 0.1) is 11.6 Å². The molecular formula is C14H17F2NO3. The number of halogens is 2. The molecule has 0 bridgehead atoms. The van der Waals surface area contributed by atoms with Gasteiger partial charge in [-0.05, 0) is 20.8 Å². The van der Waals surface area contributed by atoms with Crippen LogP contribution in [-0.2, 0) is 4.74 Å². The number of carbonyl (C=O) groups is 1. The van der Waals surface area contributed by atoms with Gasteiger partial charge in [0.2, 0.25) is 0 Å². The molecule has 1 amide bonds. The zero-order valence-electron chi connectivity index (χ0n) is 11.7. The topological polar surface area (TPSA) is 38.8 Å². The van der Waals surface area contributed by atoms with E-state index in [2.05, 4.69) is 0 Å². The Morgan fingerprint density at radius 3 is 2.25 bits per heavy atom. The molecule has 1 aliphatic rings. The minimum atomic E-state index is -0.691. The predicted molar refractivity (Wildman–Crippen MR) is 68.6 cm³/mol. The van der Waals surface area contributed by atoms with Gasteiger partial charge in [0, 0.05) is 18.2 Å². The Hall–Kier alpha value is -1.85. The Labute approximate surface area is 116 Å². The first-order chi connectivity index (χ1) is 9.23. The highest BCUT2D eigenvalue weighted by Crippen LogP contribution is 2.22. The number of benzene rings is 1. The van der Waals surface area contributed by atoms with E-state index in [1.54, 1.807) is 20.8 Å². The highest BCUT2D eigenvalue weighted by atomic mass is 19.1. The Morgan fingerprint density at radius 2 is 1.75 bits per heavy atom. The number of amides is 1. The molecule has 0 unspecified atom stereocenters. The van der Waals surface area contributed by atoms with Crippen LogP contribution in [0.15, 0.2) is 18.2 Å². The van der Waals surface area contributed by atoms with Crippen LogP contribution < -0.4 is 4.74 Å². The Morgan fingerprint density at radius 1 is 1.20 bits per heavy atom. The lowest BCUT2D eigenvalue weighted by molar-refractivity contribution is -0.0222. The van der Waals surface area contributed by atoms with Crippen LogP contribution in [0.4, 0.5) is 13.6 Å². The molecule has 0 saturated carbocycles. The summed E-state index contributed by atoms with van der Waals surface area (Å²) >= 11 is 0. The Kier molecular flexibility index (Phi) is 3.83. The van der Waals surface area contributed by atoms with Crippen LogP contribution in [0.3, 0.4) is 0 Å². The predicted octanol–water partition coefficient (Wildman–Crippen LogP) is 2.96. The zero-order chi connectivity index (χ0) is 14.9. The van der Waals surface area contributed by atoms with E-state index in [0.717, 1.165) is 18.2 Å². The molecule has 0 spiro atoms. The lowest BCUT2D eigenvalue weighted by atomic mass is 10.1. The largest absolute Gasteiger partial charge is 0.487 e. The summed E-state index contributed by atoms with van der Waals surface area (Å²) in [7, 11) is 0. The molecule has 0 radical (unpaired) electrons. The zero-order valence-corrected chi connectivity index (χ0v) is 11.7. The van der Waals surface area contributed by atoms with Gasteiger partial charge in [-0.1, -0.05) is 0 Å². The van der Waals surface area contributed by atoms with Crippen LogP contribution in [0.25, 0.3) is 0 Å². The van der Waals surface area contributed by atoms with E-state index in [-0.39, 0.29) is 11.9 Å². The van der Waals surface area contributed by atoms with Crippen molar-refractivity contribution in [2.45, 2.75) is 32.5 Å². The average molecular weight is 285 g/mol. The minimum absolute atomic E-state index is 0.122. The molecule has 0 aromatic heterocycles. The number of hydrogen-bond donors (Lipinski definition) is 0. The fourth-order valence-electron chi connectivity index (χ4n) is 1.78. The van der Waals surface area contributed by atoms with Gasteiger partial charge in [-0.15, -0.1) is 0 Å². The number of hydrogen-bond acceptors (Lipinski definition) is 3. The highest BCUT2D eigenvalue weighted by molar-refractivity contribution is 5.69. The Bertz CT molecular complexity index is 487. The fourth-order valence-corrected chi connectivity index (χ4v) is 1.78. The summed E-state index contributed by atoms with van der Waals surface area (Å²) in [6.07, 6.45) is -0.688. The van der Waals surface area contributed by atoms with E-state index >= 15 is 0 Å². The van der Waals surface area contributed by atoms with Gasteiger partial charge in [0.25, 0.3) is 0 Å². The number of carbonyl (C=O) groups excluding carboxylic acids is 1. The summed E-state index contributed by atoms with van der Waals surface area (Å²) < 4.78 is 36.6. The molecule has 1 saturated heterocycles. The molecule has 1 aliphatic heterocycles. The van der Waals surface area contributed by atoms with Crippen molar-refractivity contribution in [2.75, 3.05) is 13.1 Å². The van der Waals surface area contributed by atoms with Crippen molar-refractivity contribution in [1.82, 2.24) is 4.90 Å². The number of ether oxygens (including phenoxy) is 2. The molecular weight excluding hydrogens is 268 g/mol. The molecule has 110 valence electrons. The summed E-state index contributed by atoms with van der Waals surface area (Å²) in [5.74, 6) is -1.26. The normalized spacial score (nSPS) is 15.8. The second-order valence-electron chi connectivity index (χ2n) is 5.73. The first kappa shape index (κ1) is 14.6. The van der Waals surface area contributed by atoms with Gasteiger partial charge in [0.1, 0.15) is 29.1 Å². The third-order valence-corrected chi connectivity index (χ3v) is 2.64. The van der Waals surface area contributed by atoms with Crippen molar-refractivity contribution in [3.63, 3.8) is 0 Å². The molecule has 0 aliphatic carbocycles. The standard InChI is InChI=1S/C14H17F2NO3/c1-14(2,3)20-13(18)17-7-12(8-17)19-11-5-9(15)4-10(16)6-11/h4-6,12H,7-8H2,1-3H3. The molecule has 6 heteroatoms. The van der Waals surface area contributed by atoms with Crippen LogP contribution in [-0.4, -0.2) is 35.8 Å². The molecule has 1 fully saturated rings. The van der Waals surface area contributed by atoms with E-state index in [4.69, 9.17) is 9.47 Å². The molecule has 4 nitrogen and oxygen atoms in total. The molecule has 2 rings (SSSR count). The van der Waals surface area contributed by atoms with Crippen molar-refractivity contribution in [2.24, 2.45) is 0 Å². The van der Waals surface area contributed by atoms with Crippen LogP contribution in [0.5, 0.6) is 5.75 Å². The van der Waals surface area contributed by atoms with Gasteiger partial charge >= 0.3 is 6.09 Å². The lowest BCUT2D eigenvalue weighted by Crippen LogP contribution is -2.57. The lowest BCUT2D eigenvalue weighted by Gasteiger charge is -2.39. The molecule has 20 heavy (non-hydrogen) atoms. The van der Waals surface area contributed by atoms with Crippen molar-refractivity contribution in [1.29, 1.82) is 0 Å². The summed E-state index contributed by atoms with van der Waals surface area (Å²) in [6.45, 7) is 6.04. The van der Waals surface area contributed by atoms with E-state index < -0.39 is 23.3 Å². The van der Waals surface area contributed by atoms with Crippen molar-refractivity contribution >= 4 is 6.09 Å². The summed E-state index contributed by atoms with van der Waals surface area (Å²) in [5.41, 5.74) is -0.547. The highest BCUT2D eigenvalue weighted by Gasteiger charge is 2.35. The monoisotopic (exact) mass is 285 g/mol. The molecule has 0 atom stereocenters. The van der Waals surface area contributed by atoms with Gasteiger partial charge in [0.05, 0.1) is 13.1 Å². The molecule has 1 heterocycles. The number of likely N-dealkylation sites (tertiary alicyclic amines) is 1. The van der Waals surface area contributed by atoms with Crippen molar-refractivity contribution in [3.05, 3.63) is 29.8 Å². The van der Waals surface area contributed by atoms with Crippen LogP contribution >= 0.6 is 0 Å². The van der Waals surface area contributed by atoms with E-state index in [9.17, 15) is 13.6 Å². The third kappa shape index (κ3) is 3.82. The minimum Gasteiger partial charge on any atom is -0.487 e. The van der Waals surface area contributed by atoms with Crippen LogP contribution in [0.1, 0.15) is 20.8 Å². The van der Waals surface area contributed by atoms with Crippen molar-refractivity contribution in [3.8, 4) is 5.75 Å². The average Bonchev–Trinajstić information content (AvgIpc) is 2.18. The Balaban J connectivity index is 1.83. The molecule has 1 aromatic carbocycles. The number of rotatable bonds is 2.